The molecule has 408 valence electrons. The fourth-order valence-corrected chi connectivity index (χ4v) is 18.0. The molecule has 0 amide bonds. The molecule has 7 aromatic heterocycles. The molecular weight excluding hydrogens is 1160 g/mol. The van der Waals surface area contributed by atoms with Crippen molar-refractivity contribution in [3.8, 4) is 39.6 Å². The normalized spacial score (nSPS) is 12.1. The van der Waals surface area contributed by atoms with Crippen LogP contribution in [0.25, 0.3) is 164 Å². The lowest BCUT2D eigenvalue weighted by Gasteiger charge is -2.11. The van der Waals surface area contributed by atoms with Gasteiger partial charge in [0.05, 0.1) is 22.4 Å². The van der Waals surface area contributed by atoms with E-state index in [1.54, 1.807) is 22.7 Å². The predicted molar refractivity (Wildman–Crippen MR) is 376 cm³/mol. The molecule has 0 atom stereocenters. The van der Waals surface area contributed by atoms with Crippen LogP contribution in [0.5, 0.6) is 0 Å². The highest BCUT2D eigenvalue weighted by atomic mass is 35.5. The van der Waals surface area contributed by atoms with Crippen LogP contribution in [0.3, 0.4) is 0 Å². The largest absolute Gasteiger partial charge is 0.278 e. The first-order valence-electron chi connectivity index (χ1n) is 28.9. The van der Waals surface area contributed by atoms with E-state index in [1.165, 1.54) is 115 Å². The Morgan fingerprint density at radius 3 is 1.37 bits per heavy atom. The number of para-hydroxylation sites is 1. The number of aromatic nitrogens is 5. The molecule has 12 aromatic carbocycles. The Balaban J connectivity index is 0.000000110. The third-order valence-electron chi connectivity index (χ3n) is 17.2. The molecule has 1 aliphatic rings. The first-order valence-corrected chi connectivity index (χ1v) is 32.5. The Hall–Kier alpha value is -9.71. The van der Waals surface area contributed by atoms with Crippen LogP contribution in [0.1, 0.15) is 11.1 Å². The van der Waals surface area contributed by atoms with E-state index in [0.717, 1.165) is 60.4 Å². The number of nitrogens with zero attached hydrogens (tertiary/aromatic N) is 5. The SMILES string of the molecule is Clc1nc(-c2cccc3sc4ccccc4c23)c2c(n1)sc1ccccc12.c1ccc2c(c1)Cc1cc3ccccc3cc1-2.c1ccc2cc3c(cc2c1)c1ccccc1n3-c1nc(-c2cccc3sc4ccccc4c23)c2c(n1)sc1ccccc12. The molecule has 20 rings (SSSR count). The molecular formula is C77H44ClN5S4. The van der Waals surface area contributed by atoms with Crippen LogP contribution in [0.4, 0.5) is 0 Å². The van der Waals surface area contributed by atoms with Gasteiger partial charge in [0.1, 0.15) is 9.66 Å². The molecule has 0 N–H and O–H groups in total. The maximum absolute atomic E-state index is 6.33. The molecule has 0 saturated carbocycles. The molecule has 0 unspecified atom stereocenters. The summed E-state index contributed by atoms with van der Waals surface area (Å²) in [6.45, 7) is 0. The van der Waals surface area contributed by atoms with E-state index in [9.17, 15) is 0 Å². The maximum Gasteiger partial charge on any atom is 0.236 e. The van der Waals surface area contributed by atoms with Gasteiger partial charge in [-0.15, -0.1) is 45.3 Å². The Bertz CT molecular complexity index is 6050. The number of benzene rings is 12. The first kappa shape index (κ1) is 50.6. The summed E-state index contributed by atoms with van der Waals surface area (Å²) < 4.78 is 9.79. The lowest BCUT2D eigenvalue weighted by molar-refractivity contribution is 1.02. The molecule has 7 heterocycles. The lowest BCUT2D eigenvalue weighted by Crippen LogP contribution is -2.02. The standard InChI is InChI=1S/C38H21N3S2.C22H11ClN2S2.C17H12/c1-2-11-23-21-30-28(20-22(23)10-1)24-12-3-6-16-29(24)41(30)38-39-36(35-26-14-5-8-18-32(26)43-37(35)40-38)27-15-9-19-33-34(27)25-13-4-7-17-31(25)42-33;23-22-24-20(19-13-7-2-4-10-16(13)27-21(19)25-22)14-8-5-11-17-18(14)12-6-1-3-9-15(12)26-17;1-2-6-13-11-17-15(9-12(13)5-1)10-14-7-3-4-8-16(14)17/h1-21H;1-11H;1-9,11H,10H2. The van der Waals surface area contributed by atoms with Gasteiger partial charge in [0.15, 0.2) is 0 Å². The minimum atomic E-state index is 0.292. The number of rotatable bonds is 3. The third kappa shape index (κ3) is 8.22. The second-order valence-corrected chi connectivity index (χ2v) is 26.7. The van der Waals surface area contributed by atoms with Gasteiger partial charge in [0.2, 0.25) is 11.2 Å². The minimum absolute atomic E-state index is 0.292. The van der Waals surface area contributed by atoms with Gasteiger partial charge in [-0.25, -0.2) is 19.9 Å². The molecule has 0 aliphatic heterocycles. The van der Waals surface area contributed by atoms with Gasteiger partial charge >= 0.3 is 0 Å². The number of fused-ring (bicyclic) bond motifs is 20. The molecule has 87 heavy (non-hydrogen) atoms. The maximum atomic E-state index is 6.33. The molecule has 0 radical (unpaired) electrons. The Morgan fingerprint density at radius 1 is 0.299 bits per heavy atom. The van der Waals surface area contributed by atoms with Crippen molar-refractivity contribution in [2.75, 3.05) is 0 Å². The van der Waals surface area contributed by atoms with Crippen molar-refractivity contribution in [2.24, 2.45) is 0 Å². The molecule has 5 nitrogen and oxygen atoms in total. The topological polar surface area (TPSA) is 56.5 Å². The van der Waals surface area contributed by atoms with Crippen molar-refractivity contribution in [1.82, 2.24) is 24.5 Å². The Labute approximate surface area is 518 Å². The highest BCUT2D eigenvalue weighted by Crippen LogP contribution is 2.48. The first-order chi connectivity index (χ1) is 43.0. The van der Waals surface area contributed by atoms with Crippen molar-refractivity contribution in [3.05, 3.63) is 271 Å². The van der Waals surface area contributed by atoms with Gasteiger partial charge in [-0.2, -0.15) is 0 Å². The van der Waals surface area contributed by atoms with Crippen molar-refractivity contribution >= 4 is 181 Å². The predicted octanol–water partition coefficient (Wildman–Crippen LogP) is 23.1. The molecule has 10 heteroatoms. The van der Waals surface area contributed by atoms with Gasteiger partial charge < -0.3 is 0 Å². The van der Waals surface area contributed by atoms with Crippen molar-refractivity contribution < 1.29 is 0 Å². The zero-order valence-corrected chi connectivity index (χ0v) is 50.2. The highest BCUT2D eigenvalue weighted by Gasteiger charge is 2.24. The van der Waals surface area contributed by atoms with Gasteiger partial charge in [0, 0.05) is 93.2 Å². The second kappa shape index (κ2) is 20.2. The third-order valence-corrected chi connectivity index (χ3v) is 21.7. The Kier molecular flexibility index (Phi) is 11.8. The molecule has 0 saturated heterocycles. The summed E-state index contributed by atoms with van der Waals surface area (Å²) in [4.78, 5) is 22.0. The number of hydrogen-bond acceptors (Lipinski definition) is 8. The van der Waals surface area contributed by atoms with E-state index in [1.807, 2.05) is 22.7 Å². The Morgan fingerprint density at radius 2 is 0.747 bits per heavy atom. The summed E-state index contributed by atoms with van der Waals surface area (Å²) in [5.41, 5.74) is 12.1. The zero-order chi connectivity index (χ0) is 57.3. The smallest absolute Gasteiger partial charge is 0.236 e. The average molecular weight is 1200 g/mol. The van der Waals surface area contributed by atoms with E-state index in [2.05, 4.69) is 264 Å². The monoisotopic (exact) mass is 1200 g/mol. The van der Waals surface area contributed by atoms with E-state index >= 15 is 0 Å². The minimum Gasteiger partial charge on any atom is -0.278 e. The van der Waals surface area contributed by atoms with Crippen LogP contribution in [0.2, 0.25) is 5.28 Å². The summed E-state index contributed by atoms with van der Waals surface area (Å²) >= 11 is 13.4. The van der Waals surface area contributed by atoms with Crippen LogP contribution >= 0.6 is 56.9 Å². The van der Waals surface area contributed by atoms with Crippen LogP contribution in [0, 0.1) is 0 Å². The molecule has 19 aromatic rings. The highest BCUT2D eigenvalue weighted by molar-refractivity contribution is 7.27. The van der Waals surface area contributed by atoms with Crippen molar-refractivity contribution in [2.45, 2.75) is 6.42 Å². The number of halogens is 1. The summed E-state index contributed by atoms with van der Waals surface area (Å²) in [7, 11) is 0. The zero-order valence-electron chi connectivity index (χ0n) is 46.2. The summed E-state index contributed by atoms with van der Waals surface area (Å²) in [6, 6.07) is 91.1. The van der Waals surface area contributed by atoms with Crippen LogP contribution < -0.4 is 0 Å². The summed E-state index contributed by atoms with van der Waals surface area (Å²) in [5, 5.41) is 17.5. The second-order valence-electron chi connectivity index (χ2n) is 22.1. The van der Waals surface area contributed by atoms with E-state index < -0.39 is 0 Å². The number of thiophene rings is 4. The van der Waals surface area contributed by atoms with Crippen LogP contribution in [-0.2, 0) is 6.42 Å². The van der Waals surface area contributed by atoms with E-state index in [0.29, 0.717) is 11.2 Å². The fourth-order valence-electron chi connectivity index (χ4n) is 13.3. The van der Waals surface area contributed by atoms with Crippen LogP contribution in [0.15, 0.2) is 255 Å². The summed E-state index contributed by atoms with van der Waals surface area (Å²) in [5.74, 6) is 0.701. The van der Waals surface area contributed by atoms with Gasteiger partial charge in [-0.05, 0) is 122 Å². The number of hydrogen-bond donors (Lipinski definition) is 0. The molecule has 1 aliphatic carbocycles. The molecule has 0 spiro atoms. The van der Waals surface area contributed by atoms with E-state index in [4.69, 9.17) is 26.6 Å². The van der Waals surface area contributed by atoms with Gasteiger partial charge in [-0.1, -0.05) is 194 Å². The van der Waals surface area contributed by atoms with E-state index in [-0.39, 0.29) is 0 Å². The fraction of sp³-hybridized carbons (Fsp3) is 0.0130. The van der Waals surface area contributed by atoms with Crippen LogP contribution in [-0.4, -0.2) is 24.5 Å². The van der Waals surface area contributed by atoms with Crippen molar-refractivity contribution in [1.29, 1.82) is 0 Å². The molecule has 0 bridgehead atoms. The van der Waals surface area contributed by atoms with Gasteiger partial charge in [-0.3, -0.25) is 4.57 Å². The van der Waals surface area contributed by atoms with Crippen molar-refractivity contribution in [3.63, 3.8) is 0 Å². The quantitative estimate of drug-likeness (QED) is 0.165. The average Bonchev–Trinajstić information content (AvgIpc) is 2.97. The summed E-state index contributed by atoms with van der Waals surface area (Å²) in [6.07, 6.45) is 1.08. The molecule has 0 fully saturated rings. The van der Waals surface area contributed by atoms with Gasteiger partial charge in [0.25, 0.3) is 0 Å². The lowest BCUT2D eigenvalue weighted by atomic mass is 10.0.